The van der Waals surface area contributed by atoms with Gasteiger partial charge in [-0.25, -0.2) is 0 Å². The van der Waals surface area contributed by atoms with Crippen LogP contribution in [0, 0.1) is 0 Å². The maximum Gasteiger partial charge on any atom is 0.490 e. The minimum absolute atomic E-state index is 0.141. The molecule has 0 atom stereocenters. The lowest BCUT2D eigenvalue weighted by molar-refractivity contribution is 0.425. The van der Waals surface area contributed by atoms with Gasteiger partial charge in [-0.05, 0) is 12.1 Å². The van der Waals surface area contributed by atoms with Crippen LogP contribution in [0.3, 0.4) is 0 Å². The van der Waals surface area contributed by atoms with Crippen molar-refractivity contribution >= 4 is 23.5 Å². The maximum atomic E-state index is 9.17. The molecule has 1 aromatic carbocycles. The van der Waals surface area contributed by atoms with Crippen molar-refractivity contribution in [3.8, 4) is 5.75 Å². The Kier molecular flexibility index (Phi) is 2.11. The van der Waals surface area contributed by atoms with Gasteiger partial charge < -0.3 is 15.2 Å². The third-order valence-electron chi connectivity index (χ3n) is 1.99. The third kappa shape index (κ3) is 1.55. The van der Waals surface area contributed by atoms with E-state index in [9.17, 15) is 0 Å². The van der Waals surface area contributed by atoms with Crippen LogP contribution in [0.2, 0.25) is 0 Å². The van der Waals surface area contributed by atoms with Gasteiger partial charge in [0.2, 0.25) is 0 Å². The highest BCUT2D eigenvalue weighted by atomic mass is 16.4. The van der Waals surface area contributed by atoms with E-state index in [1.165, 1.54) is 18.3 Å². The summed E-state index contributed by atoms with van der Waals surface area (Å²) in [5.41, 5.74) is 0.956. The van der Waals surface area contributed by atoms with Crippen molar-refractivity contribution in [1.29, 1.82) is 0 Å². The van der Waals surface area contributed by atoms with Gasteiger partial charge in [-0.2, -0.15) is 0 Å². The second kappa shape index (κ2) is 3.28. The van der Waals surface area contributed by atoms with Crippen LogP contribution in [0.15, 0.2) is 30.5 Å². The Morgan fingerprint density at radius 2 is 1.93 bits per heavy atom. The van der Waals surface area contributed by atoms with Crippen LogP contribution >= 0.6 is 0 Å². The Labute approximate surface area is 80.6 Å². The average Bonchev–Trinajstić information content (AvgIpc) is 2.16. The molecule has 0 aliphatic carbocycles. The summed E-state index contributed by atoms with van der Waals surface area (Å²) >= 11 is 0. The summed E-state index contributed by atoms with van der Waals surface area (Å²) in [4.78, 5) is 3.98. The molecule has 0 spiro atoms. The SMILES string of the molecule is OB(O)c1cnc2cc(O)ccc2c1. The maximum absolute atomic E-state index is 9.17. The molecule has 2 aromatic rings. The Bertz CT molecular complexity index is 473. The van der Waals surface area contributed by atoms with E-state index in [1.807, 2.05) is 0 Å². The van der Waals surface area contributed by atoms with Gasteiger partial charge in [0.1, 0.15) is 5.75 Å². The summed E-state index contributed by atoms with van der Waals surface area (Å²) in [5.74, 6) is 0.141. The van der Waals surface area contributed by atoms with Gasteiger partial charge in [0.15, 0.2) is 0 Å². The number of hydrogen-bond acceptors (Lipinski definition) is 4. The van der Waals surface area contributed by atoms with E-state index in [1.54, 1.807) is 12.1 Å². The molecule has 0 aliphatic heterocycles. The summed E-state index contributed by atoms with van der Waals surface area (Å²) in [7, 11) is -1.51. The Morgan fingerprint density at radius 1 is 1.14 bits per heavy atom. The molecular formula is C9H8BNO3. The fourth-order valence-corrected chi connectivity index (χ4v) is 1.27. The fourth-order valence-electron chi connectivity index (χ4n) is 1.27. The van der Waals surface area contributed by atoms with Crippen molar-refractivity contribution in [2.45, 2.75) is 0 Å². The quantitative estimate of drug-likeness (QED) is 0.534. The minimum Gasteiger partial charge on any atom is -0.508 e. The summed E-state index contributed by atoms with van der Waals surface area (Å²) < 4.78 is 0. The number of phenolic OH excluding ortho intramolecular Hbond substituents is 1. The van der Waals surface area contributed by atoms with Crippen LogP contribution < -0.4 is 5.46 Å². The van der Waals surface area contributed by atoms with Gasteiger partial charge >= 0.3 is 7.12 Å². The number of phenols is 1. The molecule has 0 amide bonds. The predicted octanol–water partition coefficient (Wildman–Crippen LogP) is -0.380. The smallest absolute Gasteiger partial charge is 0.490 e. The lowest BCUT2D eigenvalue weighted by Crippen LogP contribution is -2.29. The van der Waals surface area contributed by atoms with E-state index < -0.39 is 7.12 Å². The van der Waals surface area contributed by atoms with E-state index in [4.69, 9.17) is 15.2 Å². The van der Waals surface area contributed by atoms with Crippen molar-refractivity contribution in [3.05, 3.63) is 30.5 Å². The molecule has 3 N–H and O–H groups in total. The standard InChI is InChI=1S/C9H8BNO3/c12-8-2-1-6-3-7(10(13)14)5-11-9(6)4-8/h1-5,12-14H. The summed E-state index contributed by atoms with van der Waals surface area (Å²) in [5, 5.41) is 27.7. The van der Waals surface area contributed by atoms with Crippen molar-refractivity contribution in [3.63, 3.8) is 0 Å². The predicted molar refractivity (Wildman–Crippen MR) is 53.2 cm³/mol. The van der Waals surface area contributed by atoms with Gasteiger partial charge in [-0.1, -0.05) is 6.07 Å². The van der Waals surface area contributed by atoms with Gasteiger partial charge in [0.05, 0.1) is 5.52 Å². The highest BCUT2D eigenvalue weighted by molar-refractivity contribution is 6.58. The first-order valence-electron chi connectivity index (χ1n) is 4.11. The summed E-state index contributed by atoms with van der Waals surface area (Å²) in [6.45, 7) is 0. The topological polar surface area (TPSA) is 73.6 Å². The minimum atomic E-state index is -1.51. The molecule has 0 aliphatic rings. The van der Waals surface area contributed by atoms with Crippen LogP contribution in [-0.2, 0) is 0 Å². The molecule has 4 nitrogen and oxygen atoms in total. The van der Waals surface area contributed by atoms with E-state index >= 15 is 0 Å². The Hall–Kier alpha value is -1.59. The molecule has 5 heteroatoms. The number of fused-ring (bicyclic) bond motifs is 1. The van der Waals surface area contributed by atoms with E-state index in [0.29, 0.717) is 11.0 Å². The summed E-state index contributed by atoms with van der Waals surface area (Å²) in [6, 6.07) is 6.33. The molecule has 0 fully saturated rings. The van der Waals surface area contributed by atoms with Gasteiger partial charge in [0.25, 0.3) is 0 Å². The van der Waals surface area contributed by atoms with Crippen LogP contribution in [0.1, 0.15) is 0 Å². The monoisotopic (exact) mass is 189 g/mol. The third-order valence-corrected chi connectivity index (χ3v) is 1.99. The highest BCUT2D eigenvalue weighted by Crippen LogP contribution is 2.16. The normalized spacial score (nSPS) is 10.4. The van der Waals surface area contributed by atoms with Gasteiger partial charge in [0, 0.05) is 23.1 Å². The molecule has 14 heavy (non-hydrogen) atoms. The van der Waals surface area contributed by atoms with Crippen molar-refractivity contribution in [2.24, 2.45) is 0 Å². The largest absolute Gasteiger partial charge is 0.508 e. The first-order chi connectivity index (χ1) is 6.66. The number of hydrogen-bond donors (Lipinski definition) is 3. The first kappa shape index (κ1) is 8.99. The number of rotatable bonds is 1. The van der Waals surface area contributed by atoms with Crippen LogP contribution in [0.25, 0.3) is 10.9 Å². The first-order valence-corrected chi connectivity index (χ1v) is 4.11. The molecule has 70 valence electrons. The van der Waals surface area contributed by atoms with Crippen molar-refractivity contribution in [2.75, 3.05) is 0 Å². The zero-order valence-electron chi connectivity index (χ0n) is 7.25. The molecule has 0 bridgehead atoms. The van der Waals surface area contributed by atoms with E-state index in [0.717, 1.165) is 5.39 Å². The zero-order valence-corrected chi connectivity index (χ0v) is 7.25. The Morgan fingerprint density at radius 3 is 2.64 bits per heavy atom. The Balaban J connectivity index is 2.62. The molecular weight excluding hydrogens is 181 g/mol. The van der Waals surface area contributed by atoms with Crippen LogP contribution in [-0.4, -0.2) is 27.3 Å². The average molecular weight is 189 g/mol. The van der Waals surface area contributed by atoms with E-state index in [2.05, 4.69) is 4.98 Å². The highest BCUT2D eigenvalue weighted by Gasteiger charge is 2.11. The molecule has 0 saturated heterocycles. The summed E-state index contributed by atoms with van der Waals surface area (Å²) in [6.07, 6.45) is 1.37. The molecule has 0 saturated carbocycles. The second-order valence-electron chi connectivity index (χ2n) is 3.02. The van der Waals surface area contributed by atoms with Crippen LogP contribution in [0.5, 0.6) is 5.75 Å². The van der Waals surface area contributed by atoms with Gasteiger partial charge in [-0.15, -0.1) is 0 Å². The molecule has 1 aromatic heterocycles. The van der Waals surface area contributed by atoms with Crippen molar-refractivity contribution < 1.29 is 15.2 Å². The second-order valence-corrected chi connectivity index (χ2v) is 3.02. The van der Waals surface area contributed by atoms with Gasteiger partial charge in [-0.3, -0.25) is 4.98 Å². The van der Waals surface area contributed by atoms with Crippen LogP contribution in [0.4, 0.5) is 0 Å². The van der Waals surface area contributed by atoms with E-state index in [-0.39, 0.29) is 5.75 Å². The van der Waals surface area contributed by atoms with Crippen molar-refractivity contribution in [1.82, 2.24) is 4.98 Å². The number of nitrogens with zero attached hydrogens (tertiary/aromatic N) is 1. The lowest BCUT2D eigenvalue weighted by Gasteiger charge is -2.01. The number of aromatic hydroxyl groups is 1. The molecule has 0 radical (unpaired) electrons. The molecule has 1 heterocycles. The lowest BCUT2D eigenvalue weighted by atomic mass is 9.81. The number of aromatic nitrogens is 1. The molecule has 0 unspecified atom stereocenters. The molecule has 2 rings (SSSR count). The fraction of sp³-hybridized carbons (Fsp3) is 0. The number of benzene rings is 1. The zero-order chi connectivity index (χ0) is 10.1. The number of pyridine rings is 1.